The van der Waals surface area contributed by atoms with Crippen molar-refractivity contribution in [1.82, 2.24) is 9.97 Å². The van der Waals surface area contributed by atoms with Gasteiger partial charge in [0, 0.05) is 24.2 Å². The van der Waals surface area contributed by atoms with Crippen LogP contribution >= 0.6 is 0 Å². The molecule has 0 bridgehead atoms. The molecule has 10 heteroatoms. The van der Waals surface area contributed by atoms with E-state index in [0.717, 1.165) is 11.1 Å². The molecule has 0 saturated carbocycles. The molecule has 1 aromatic heterocycles. The minimum atomic E-state index is -3.86. The van der Waals surface area contributed by atoms with Crippen molar-refractivity contribution in [2.45, 2.75) is 11.5 Å². The lowest BCUT2D eigenvalue weighted by Crippen LogP contribution is -2.15. The number of aromatic nitrogens is 2. The maximum atomic E-state index is 12.5. The smallest absolute Gasteiger partial charge is 0.264 e. The van der Waals surface area contributed by atoms with Crippen LogP contribution in [-0.2, 0) is 21.4 Å². The highest BCUT2D eigenvalue weighted by molar-refractivity contribution is 7.92. The van der Waals surface area contributed by atoms with E-state index in [-0.39, 0.29) is 16.8 Å². The van der Waals surface area contributed by atoms with Gasteiger partial charge in [-0.15, -0.1) is 0 Å². The Kier molecular flexibility index (Phi) is 8.11. The van der Waals surface area contributed by atoms with E-state index in [9.17, 15) is 13.2 Å². The van der Waals surface area contributed by atoms with E-state index in [4.69, 9.17) is 9.47 Å². The SMILES string of the molecule is COc1cc(C=CC(=O)Nc2ccc(S(=O)(=O)Nc3ncccn3)cc2)ccc1OCc1ccccc1. The van der Waals surface area contributed by atoms with Crippen LogP contribution in [0.3, 0.4) is 0 Å². The van der Waals surface area contributed by atoms with Crippen LogP contribution in [0.1, 0.15) is 11.1 Å². The molecule has 0 fully saturated rings. The summed E-state index contributed by atoms with van der Waals surface area (Å²) < 4.78 is 38.5. The summed E-state index contributed by atoms with van der Waals surface area (Å²) in [5, 5.41) is 2.70. The van der Waals surface area contributed by atoms with Crippen LogP contribution in [0.2, 0.25) is 0 Å². The third-order valence-electron chi connectivity index (χ3n) is 5.08. The van der Waals surface area contributed by atoms with Gasteiger partial charge in [-0.25, -0.2) is 23.1 Å². The van der Waals surface area contributed by atoms with Crippen molar-refractivity contribution in [2.24, 2.45) is 0 Å². The zero-order valence-electron chi connectivity index (χ0n) is 19.9. The molecule has 4 aromatic rings. The number of hydrogen-bond acceptors (Lipinski definition) is 7. The van der Waals surface area contributed by atoms with Crippen LogP contribution < -0.4 is 19.5 Å². The van der Waals surface area contributed by atoms with Crippen LogP contribution in [-0.4, -0.2) is 31.4 Å². The summed E-state index contributed by atoms with van der Waals surface area (Å²) in [6.07, 6.45) is 5.88. The first-order valence-corrected chi connectivity index (χ1v) is 12.6. The van der Waals surface area contributed by atoms with Crippen molar-refractivity contribution in [3.8, 4) is 11.5 Å². The number of carbonyl (C=O) groups excluding carboxylic acids is 1. The van der Waals surface area contributed by atoms with E-state index in [1.165, 1.54) is 42.7 Å². The number of methoxy groups -OCH3 is 1. The Bertz CT molecular complexity index is 1480. The van der Waals surface area contributed by atoms with Gasteiger partial charge in [0.25, 0.3) is 10.0 Å². The highest BCUT2D eigenvalue weighted by atomic mass is 32.2. The molecule has 2 N–H and O–H groups in total. The van der Waals surface area contributed by atoms with E-state index in [1.807, 2.05) is 36.4 Å². The van der Waals surface area contributed by atoms with Crippen molar-refractivity contribution < 1.29 is 22.7 Å². The van der Waals surface area contributed by atoms with E-state index in [1.54, 1.807) is 31.4 Å². The second-order valence-corrected chi connectivity index (χ2v) is 9.39. The third-order valence-corrected chi connectivity index (χ3v) is 6.42. The van der Waals surface area contributed by atoms with Crippen molar-refractivity contribution in [3.05, 3.63) is 108 Å². The average molecular weight is 517 g/mol. The lowest BCUT2D eigenvalue weighted by Gasteiger charge is -2.11. The predicted octanol–water partition coefficient (Wildman–Crippen LogP) is 4.52. The predicted molar refractivity (Wildman–Crippen MR) is 141 cm³/mol. The average Bonchev–Trinajstić information content (AvgIpc) is 2.92. The van der Waals surface area contributed by atoms with E-state index < -0.39 is 10.0 Å². The van der Waals surface area contributed by atoms with Gasteiger partial charge in [-0.1, -0.05) is 36.4 Å². The molecule has 0 aliphatic rings. The molecule has 0 saturated heterocycles. The van der Waals surface area contributed by atoms with E-state index in [2.05, 4.69) is 20.0 Å². The monoisotopic (exact) mass is 516 g/mol. The number of nitrogens with zero attached hydrogens (tertiary/aromatic N) is 2. The number of benzene rings is 3. The molecule has 0 atom stereocenters. The minimum Gasteiger partial charge on any atom is -0.493 e. The normalized spacial score (nSPS) is 11.2. The molecule has 37 heavy (non-hydrogen) atoms. The molecule has 0 radical (unpaired) electrons. The van der Waals surface area contributed by atoms with Gasteiger partial charge in [-0.05, 0) is 59.7 Å². The first-order chi connectivity index (χ1) is 17.9. The zero-order chi connectivity index (χ0) is 26.1. The summed E-state index contributed by atoms with van der Waals surface area (Å²) in [6, 6.07) is 22.5. The van der Waals surface area contributed by atoms with Gasteiger partial charge in [-0.2, -0.15) is 0 Å². The summed E-state index contributed by atoms with van der Waals surface area (Å²) >= 11 is 0. The number of nitrogens with one attached hydrogen (secondary N) is 2. The third kappa shape index (κ3) is 7.15. The van der Waals surface area contributed by atoms with Crippen molar-refractivity contribution in [3.63, 3.8) is 0 Å². The fourth-order valence-electron chi connectivity index (χ4n) is 3.25. The Labute approximate surface area is 214 Å². The Morgan fingerprint density at radius 2 is 1.65 bits per heavy atom. The Morgan fingerprint density at radius 1 is 0.919 bits per heavy atom. The lowest BCUT2D eigenvalue weighted by atomic mass is 10.2. The van der Waals surface area contributed by atoms with Gasteiger partial charge in [0.2, 0.25) is 11.9 Å². The number of sulfonamides is 1. The van der Waals surface area contributed by atoms with Gasteiger partial charge in [0.05, 0.1) is 12.0 Å². The summed E-state index contributed by atoms with van der Waals surface area (Å²) in [7, 11) is -2.31. The van der Waals surface area contributed by atoms with Crippen molar-refractivity contribution in [2.75, 3.05) is 17.1 Å². The number of amides is 1. The van der Waals surface area contributed by atoms with Gasteiger partial charge < -0.3 is 14.8 Å². The second kappa shape index (κ2) is 11.8. The van der Waals surface area contributed by atoms with Crippen molar-refractivity contribution in [1.29, 1.82) is 0 Å². The molecule has 0 spiro atoms. The van der Waals surface area contributed by atoms with E-state index in [0.29, 0.717) is 23.8 Å². The highest BCUT2D eigenvalue weighted by Crippen LogP contribution is 2.29. The number of anilines is 2. The first-order valence-electron chi connectivity index (χ1n) is 11.2. The van der Waals surface area contributed by atoms with Gasteiger partial charge >= 0.3 is 0 Å². The summed E-state index contributed by atoms with van der Waals surface area (Å²) in [4.78, 5) is 20.1. The maximum Gasteiger partial charge on any atom is 0.264 e. The molecule has 1 heterocycles. The number of rotatable bonds is 10. The van der Waals surface area contributed by atoms with Crippen LogP contribution in [0.4, 0.5) is 11.6 Å². The van der Waals surface area contributed by atoms with E-state index >= 15 is 0 Å². The zero-order valence-corrected chi connectivity index (χ0v) is 20.7. The molecule has 0 unspecified atom stereocenters. The van der Waals surface area contributed by atoms with Gasteiger partial charge in [-0.3, -0.25) is 4.79 Å². The van der Waals surface area contributed by atoms with Crippen LogP contribution in [0, 0.1) is 0 Å². The van der Waals surface area contributed by atoms with Crippen LogP contribution in [0.25, 0.3) is 6.08 Å². The Hall–Kier alpha value is -4.70. The fraction of sp³-hybridized carbons (Fsp3) is 0.0741. The number of ether oxygens (including phenoxy) is 2. The molecule has 9 nitrogen and oxygen atoms in total. The van der Waals surface area contributed by atoms with Gasteiger partial charge in [0.1, 0.15) is 6.61 Å². The lowest BCUT2D eigenvalue weighted by molar-refractivity contribution is -0.111. The number of carbonyl (C=O) groups is 1. The Balaban J connectivity index is 1.35. The summed E-state index contributed by atoms with van der Waals surface area (Å²) in [5.74, 6) is 0.730. The minimum absolute atomic E-state index is 0.00941. The Morgan fingerprint density at radius 3 is 2.35 bits per heavy atom. The van der Waals surface area contributed by atoms with Crippen LogP contribution in [0.5, 0.6) is 11.5 Å². The molecule has 188 valence electrons. The first kappa shape index (κ1) is 25.4. The summed E-state index contributed by atoms with van der Waals surface area (Å²) in [6.45, 7) is 0.408. The molecule has 4 rings (SSSR count). The largest absolute Gasteiger partial charge is 0.493 e. The molecule has 3 aromatic carbocycles. The quantitative estimate of drug-likeness (QED) is 0.298. The molecule has 0 aliphatic heterocycles. The number of hydrogen-bond donors (Lipinski definition) is 2. The fourth-order valence-corrected chi connectivity index (χ4v) is 4.20. The van der Waals surface area contributed by atoms with Crippen molar-refractivity contribution >= 4 is 33.6 Å². The molecule has 0 aliphatic carbocycles. The van der Waals surface area contributed by atoms with Crippen LogP contribution in [0.15, 0.2) is 102 Å². The van der Waals surface area contributed by atoms with Gasteiger partial charge in [0.15, 0.2) is 11.5 Å². The topological polar surface area (TPSA) is 120 Å². The second-order valence-electron chi connectivity index (χ2n) is 7.71. The highest BCUT2D eigenvalue weighted by Gasteiger charge is 2.15. The standard InChI is InChI=1S/C27H24N4O5S/c1-35-25-18-20(8-14-24(25)36-19-21-6-3-2-4-7-21)9-15-26(32)30-22-10-12-23(13-11-22)37(33,34)31-27-28-16-5-17-29-27/h2-18H,19H2,1H3,(H,30,32)(H,28,29,31). The molecular formula is C27H24N4O5S. The molecule has 1 amide bonds. The summed E-state index contributed by atoms with van der Waals surface area (Å²) in [5.41, 5.74) is 2.22. The maximum absolute atomic E-state index is 12.5. The molecular weight excluding hydrogens is 492 g/mol.